The second-order valence-corrected chi connectivity index (χ2v) is 7.69. The van der Waals surface area contributed by atoms with Crippen LogP contribution in [0.15, 0.2) is 40.3 Å². The van der Waals surface area contributed by atoms with Crippen molar-refractivity contribution < 1.29 is 0 Å². The highest BCUT2D eigenvalue weighted by atomic mass is 15.7. The average Bonchev–Trinajstić information content (AvgIpc) is 3.36. The molecule has 4 nitrogen and oxygen atoms in total. The number of amidine groups is 2. The maximum absolute atomic E-state index is 4.80. The van der Waals surface area contributed by atoms with Crippen molar-refractivity contribution in [1.82, 2.24) is 10.0 Å². The number of unbranched alkanes of at least 4 members (excludes halogenated alkanes) is 8. The van der Waals surface area contributed by atoms with Gasteiger partial charge in [0.2, 0.25) is 0 Å². The first-order valence-corrected chi connectivity index (χ1v) is 11.1. The maximum Gasteiger partial charge on any atom is 0.150 e. The first kappa shape index (κ1) is 19.9. The Morgan fingerprint density at radius 2 is 1.37 bits per heavy atom. The van der Waals surface area contributed by atoms with E-state index in [2.05, 4.69) is 47.3 Å². The third kappa shape index (κ3) is 5.82. The molecule has 0 saturated heterocycles. The zero-order valence-electron chi connectivity index (χ0n) is 17.1. The van der Waals surface area contributed by atoms with Crippen LogP contribution in [-0.2, 0) is 0 Å². The number of nitrogens with zero attached hydrogens (tertiary/aromatic N) is 4. The highest BCUT2D eigenvalue weighted by Gasteiger charge is 2.28. The molecule has 2 aliphatic rings. The van der Waals surface area contributed by atoms with Crippen molar-refractivity contribution in [2.24, 2.45) is 9.98 Å². The van der Waals surface area contributed by atoms with E-state index in [0.29, 0.717) is 0 Å². The van der Waals surface area contributed by atoms with E-state index >= 15 is 0 Å². The third-order valence-electron chi connectivity index (χ3n) is 5.55. The lowest BCUT2D eigenvalue weighted by molar-refractivity contribution is 0.160. The summed E-state index contributed by atoms with van der Waals surface area (Å²) in [7, 11) is 0. The average molecular weight is 369 g/mol. The van der Waals surface area contributed by atoms with Crippen LogP contribution >= 0.6 is 0 Å². The van der Waals surface area contributed by atoms with Gasteiger partial charge < -0.3 is 0 Å². The van der Waals surface area contributed by atoms with Gasteiger partial charge in [0, 0.05) is 12.0 Å². The summed E-state index contributed by atoms with van der Waals surface area (Å²) in [5.41, 5.74) is 1.21. The quantitative estimate of drug-likeness (QED) is 0.469. The maximum atomic E-state index is 4.80. The number of hydrogen-bond donors (Lipinski definition) is 0. The molecule has 0 bridgehead atoms. The Morgan fingerprint density at radius 3 is 2.11 bits per heavy atom. The first-order valence-electron chi connectivity index (χ1n) is 11.1. The van der Waals surface area contributed by atoms with Crippen LogP contribution in [0.1, 0.15) is 76.7 Å². The lowest BCUT2D eigenvalue weighted by atomic mass is 10.1. The molecule has 0 spiro atoms. The molecule has 0 atom stereocenters. The minimum atomic E-state index is 0.881. The van der Waals surface area contributed by atoms with Crippen LogP contribution in [0.3, 0.4) is 0 Å². The Balaban J connectivity index is 1.40. The van der Waals surface area contributed by atoms with Crippen LogP contribution in [-0.4, -0.2) is 47.9 Å². The van der Waals surface area contributed by atoms with Crippen molar-refractivity contribution in [2.75, 3.05) is 26.2 Å². The minimum Gasteiger partial charge on any atom is -0.269 e. The lowest BCUT2D eigenvalue weighted by Crippen LogP contribution is -2.47. The standard InChI is InChI=1S/C23H36N4/c1-2-3-4-5-6-7-8-9-13-16-22-24-17-19-26(22)27-20-18-25-23(27)21-14-11-10-12-15-21/h10-12,14-15H,2-9,13,16-20H2,1H3. The number of rotatable bonds is 12. The molecule has 2 aliphatic heterocycles. The molecule has 1 aromatic carbocycles. The molecule has 0 N–H and O–H groups in total. The van der Waals surface area contributed by atoms with Gasteiger partial charge in [-0.3, -0.25) is 20.0 Å². The second kappa shape index (κ2) is 11.1. The van der Waals surface area contributed by atoms with Crippen LogP contribution in [0.25, 0.3) is 0 Å². The van der Waals surface area contributed by atoms with Crippen LogP contribution in [0, 0.1) is 0 Å². The predicted octanol–water partition coefficient (Wildman–Crippen LogP) is 5.30. The molecule has 0 aliphatic carbocycles. The molecule has 1 aromatic rings. The van der Waals surface area contributed by atoms with Gasteiger partial charge >= 0.3 is 0 Å². The molecule has 0 unspecified atom stereocenters. The summed E-state index contributed by atoms with van der Waals surface area (Å²) in [5.74, 6) is 2.38. The summed E-state index contributed by atoms with van der Waals surface area (Å²) < 4.78 is 0. The molecule has 27 heavy (non-hydrogen) atoms. The molecule has 3 rings (SSSR count). The van der Waals surface area contributed by atoms with Gasteiger partial charge in [0.25, 0.3) is 0 Å². The van der Waals surface area contributed by atoms with Gasteiger partial charge in [0.15, 0.2) is 0 Å². The molecule has 0 fully saturated rings. The normalized spacial score (nSPS) is 16.8. The van der Waals surface area contributed by atoms with Gasteiger partial charge in [-0.15, -0.1) is 0 Å². The van der Waals surface area contributed by atoms with Crippen LogP contribution < -0.4 is 0 Å². The molecule has 0 radical (unpaired) electrons. The molecular formula is C23H36N4. The van der Waals surface area contributed by atoms with E-state index in [0.717, 1.165) is 38.4 Å². The highest BCUT2D eigenvalue weighted by Crippen LogP contribution is 2.19. The topological polar surface area (TPSA) is 31.2 Å². The van der Waals surface area contributed by atoms with Crippen molar-refractivity contribution in [3.05, 3.63) is 35.9 Å². The SMILES string of the molecule is CCCCCCCCCCCC1=NCCN1N1CCN=C1c1ccccc1. The fraction of sp³-hybridized carbons (Fsp3) is 0.652. The smallest absolute Gasteiger partial charge is 0.150 e. The van der Waals surface area contributed by atoms with Crippen molar-refractivity contribution >= 4 is 11.7 Å². The van der Waals surface area contributed by atoms with Crippen molar-refractivity contribution in [2.45, 2.75) is 71.1 Å². The van der Waals surface area contributed by atoms with E-state index in [-0.39, 0.29) is 0 Å². The van der Waals surface area contributed by atoms with Gasteiger partial charge in [-0.05, 0) is 6.42 Å². The van der Waals surface area contributed by atoms with E-state index in [1.807, 2.05) is 0 Å². The monoisotopic (exact) mass is 368 g/mol. The van der Waals surface area contributed by atoms with Gasteiger partial charge in [-0.25, -0.2) is 0 Å². The Morgan fingerprint density at radius 1 is 0.741 bits per heavy atom. The lowest BCUT2D eigenvalue weighted by Gasteiger charge is -2.33. The molecule has 2 heterocycles. The van der Waals surface area contributed by atoms with Gasteiger partial charge in [-0.1, -0.05) is 88.6 Å². The van der Waals surface area contributed by atoms with E-state index in [9.17, 15) is 0 Å². The van der Waals surface area contributed by atoms with Crippen LogP contribution in [0.2, 0.25) is 0 Å². The summed E-state index contributed by atoms with van der Waals surface area (Å²) in [6.45, 7) is 6.06. The van der Waals surface area contributed by atoms with E-state index in [1.54, 1.807) is 0 Å². The van der Waals surface area contributed by atoms with Crippen molar-refractivity contribution in [3.63, 3.8) is 0 Å². The third-order valence-corrected chi connectivity index (χ3v) is 5.55. The van der Waals surface area contributed by atoms with Crippen molar-refractivity contribution in [3.8, 4) is 0 Å². The summed E-state index contributed by atoms with van der Waals surface area (Å²) in [6.07, 6.45) is 13.5. The molecular weight excluding hydrogens is 332 g/mol. The van der Waals surface area contributed by atoms with Crippen LogP contribution in [0.4, 0.5) is 0 Å². The van der Waals surface area contributed by atoms with Gasteiger partial charge in [0.05, 0.1) is 26.2 Å². The largest absolute Gasteiger partial charge is 0.269 e. The molecule has 0 amide bonds. The highest BCUT2D eigenvalue weighted by molar-refractivity contribution is 6.01. The Hall–Kier alpha value is -1.84. The van der Waals surface area contributed by atoms with Crippen LogP contribution in [0.5, 0.6) is 0 Å². The molecule has 0 saturated carbocycles. The van der Waals surface area contributed by atoms with Crippen molar-refractivity contribution in [1.29, 1.82) is 0 Å². The Kier molecular flexibility index (Phi) is 8.19. The fourth-order valence-electron chi connectivity index (χ4n) is 4.05. The predicted molar refractivity (Wildman–Crippen MR) is 115 cm³/mol. The van der Waals surface area contributed by atoms with Gasteiger partial charge in [0.1, 0.15) is 11.7 Å². The van der Waals surface area contributed by atoms with E-state index in [4.69, 9.17) is 9.98 Å². The summed E-state index contributed by atoms with van der Waals surface area (Å²) in [4.78, 5) is 9.57. The minimum absolute atomic E-state index is 0.881. The zero-order valence-corrected chi connectivity index (χ0v) is 17.1. The number of benzene rings is 1. The number of hydrogen-bond acceptors (Lipinski definition) is 4. The molecule has 0 aromatic heterocycles. The molecule has 148 valence electrons. The second-order valence-electron chi connectivity index (χ2n) is 7.69. The summed E-state index contributed by atoms with van der Waals surface area (Å²) in [6, 6.07) is 10.6. The summed E-state index contributed by atoms with van der Waals surface area (Å²) in [5, 5.41) is 4.75. The zero-order chi connectivity index (χ0) is 18.7. The van der Waals surface area contributed by atoms with E-state index < -0.39 is 0 Å². The molecule has 4 heteroatoms. The fourth-order valence-corrected chi connectivity index (χ4v) is 4.05. The first-order chi connectivity index (χ1) is 13.4. The van der Waals surface area contributed by atoms with E-state index in [1.165, 1.54) is 69.2 Å². The Bertz CT molecular complexity index is 608. The number of hydrazine groups is 1. The van der Waals surface area contributed by atoms with Gasteiger partial charge in [-0.2, -0.15) is 0 Å². The Labute approximate surface area is 165 Å². The number of aliphatic imine (C=N–C) groups is 2. The summed E-state index contributed by atoms with van der Waals surface area (Å²) >= 11 is 0.